The van der Waals surface area contributed by atoms with E-state index in [9.17, 15) is 0 Å². The summed E-state index contributed by atoms with van der Waals surface area (Å²) in [4.78, 5) is 5.14. The minimum Gasteiger partial charge on any atom is -0.485 e. The molecule has 12 aromatic carbocycles. The Kier molecular flexibility index (Phi) is 10.8. The van der Waals surface area contributed by atoms with E-state index in [-0.39, 0.29) is 24.0 Å². The quantitative estimate of drug-likeness (QED) is 0.127. The smallest absolute Gasteiger partial charge is 0.128 e. The number of hydrogen-bond donors (Lipinski definition) is 0. The Bertz CT molecular complexity index is 4100. The average Bonchev–Trinajstić information content (AvgIpc) is 4.17. The second kappa shape index (κ2) is 18.8. The maximum Gasteiger partial charge on any atom is 0.128 e. The van der Waals surface area contributed by atoms with Crippen molar-refractivity contribution in [1.82, 2.24) is 0 Å². The van der Waals surface area contributed by atoms with Crippen molar-refractivity contribution >= 4 is 66.4 Å². The SMILES string of the molecule is C1=CC2Oc3cccc(N(c4c(-c5ccccc5)cccc4-c4ccccc4)c4ccc5ccc6c(N(c7cccc8c7C7C=CC=CC7O8)c7c(-c8ccccc8)cccc7-c7ccccc7)ccc7ccc4c5c76)c3C2C=C1. The van der Waals surface area contributed by atoms with Gasteiger partial charge in [0.25, 0.3) is 0 Å². The zero-order valence-electron chi connectivity index (χ0n) is 43.7. The number of anilines is 6. The molecule has 2 aliphatic carbocycles. The summed E-state index contributed by atoms with van der Waals surface area (Å²) < 4.78 is 13.7. The molecule has 0 fully saturated rings. The molecule has 12 aromatic rings. The number of ether oxygens (including phenoxy) is 2. The molecule has 4 nitrogen and oxygen atoms in total. The van der Waals surface area contributed by atoms with Crippen molar-refractivity contribution in [3.63, 3.8) is 0 Å². The Labute approximate surface area is 465 Å². The van der Waals surface area contributed by atoms with Crippen LogP contribution in [0, 0.1) is 0 Å². The minimum absolute atomic E-state index is 0.0332. The Hall–Kier alpha value is -10.2. The van der Waals surface area contributed by atoms with E-state index < -0.39 is 0 Å². The van der Waals surface area contributed by atoms with Crippen molar-refractivity contribution in [3.05, 3.63) is 302 Å². The van der Waals surface area contributed by atoms with E-state index in [1.807, 2.05) is 0 Å². The van der Waals surface area contributed by atoms with Crippen molar-refractivity contribution in [2.75, 3.05) is 9.80 Å². The van der Waals surface area contributed by atoms with E-state index >= 15 is 0 Å². The first kappa shape index (κ1) is 46.0. The van der Waals surface area contributed by atoms with Gasteiger partial charge in [-0.1, -0.05) is 243 Å². The first-order valence-electron chi connectivity index (χ1n) is 27.8. The van der Waals surface area contributed by atoms with Gasteiger partial charge in [-0.2, -0.15) is 0 Å². The summed E-state index contributed by atoms with van der Waals surface area (Å²) in [6.07, 6.45) is 17.4. The van der Waals surface area contributed by atoms with Crippen LogP contribution in [0.2, 0.25) is 0 Å². The normalized spacial score (nSPS) is 17.2. The minimum atomic E-state index is -0.0954. The maximum atomic E-state index is 6.84. The maximum absolute atomic E-state index is 6.84. The monoisotopic (exact) mass is 1020 g/mol. The summed E-state index contributed by atoms with van der Waals surface area (Å²) in [7, 11) is 0. The van der Waals surface area contributed by atoms with Crippen LogP contribution < -0.4 is 19.3 Å². The number of allylic oxidation sites excluding steroid dienone is 4. The molecule has 4 atom stereocenters. The van der Waals surface area contributed by atoms with E-state index in [4.69, 9.17) is 9.47 Å². The number of rotatable bonds is 10. The van der Waals surface area contributed by atoms with Gasteiger partial charge < -0.3 is 19.3 Å². The Morgan fingerprint density at radius 3 is 0.988 bits per heavy atom. The van der Waals surface area contributed by atoms with Crippen LogP contribution >= 0.6 is 0 Å². The number of nitrogens with zero attached hydrogens (tertiary/aromatic N) is 2. The zero-order chi connectivity index (χ0) is 52.7. The fraction of sp³-hybridized carbons (Fsp3) is 0.0526. The van der Waals surface area contributed by atoms with Crippen molar-refractivity contribution in [2.24, 2.45) is 0 Å². The van der Waals surface area contributed by atoms with Gasteiger partial charge in [0, 0.05) is 56.0 Å². The van der Waals surface area contributed by atoms with Crippen LogP contribution in [0.25, 0.3) is 76.8 Å². The highest BCUT2D eigenvalue weighted by atomic mass is 16.5. The molecule has 0 saturated carbocycles. The topological polar surface area (TPSA) is 24.9 Å². The van der Waals surface area contributed by atoms with E-state index in [1.165, 1.54) is 32.7 Å². The fourth-order valence-electron chi connectivity index (χ4n) is 13.4. The molecule has 4 heteroatoms. The van der Waals surface area contributed by atoms with Gasteiger partial charge >= 0.3 is 0 Å². The standard InChI is InChI=1S/C76H52N2O2/c1-5-21-49(22-6-1)55-31-17-32-56(50-23-7-2-8-24-50)75(55)77(65-35-19-39-69-73(65)61-29-13-15-37-67(61)79-69)63-47-43-53-42-46-60-64(48-44-54-41-45-59(63)71(53)72(54)60)78(66-36-20-40-70-74(66)62-30-14-16-38-68(62)80-70)76-57(51-25-9-3-10-26-51)33-18-34-58(76)52-27-11-4-12-28-52/h1-48,61-62,67-68H. The molecule has 0 spiro atoms. The molecule has 378 valence electrons. The van der Waals surface area contributed by atoms with Gasteiger partial charge in [-0.25, -0.2) is 0 Å². The molecule has 2 heterocycles. The van der Waals surface area contributed by atoms with Crippen LogP contribution in [-0.4, -0.2) is 12.2 Å². The molecule has 16 rings (SSSR count). The van der Waals surface area contributed by atoms with Crippen LogP contribution in [0.1, 0.15) is 23.0 Å². The van der Waals surface area contributed by atoms with Gasteiger partial charge in [0.05, 0.1) is 34.1 Å². The molecule has 0 saturated heterocycles. The highest BCUT2D eigenvalue weighted by Gasteiger charge is 2.39. The summed E-state index contributed by atoms with van der Waals surface area (Å²) in [5.74, 6) is 1.89. The average molecular weight is 1030 g/mol. The molecule has 0 bridgehead atoms. The number of fused-ring (bicyclic) bond motifs is 6. The van der Waals surface area contributed by atoms with Gasteiger partial charge in [-0.15, -0.1) is 0 Å². The lowest BCUT2D eigenvalue weighted by atomic mass is 9.87. The molecule has 0 aromatic heterocycles. The lowest BCUT2D eigenvalue weighted by Crippen LogP contribution is -2.19. The van der Waals surface area contributed by atoms with Crippen LogP contribution in [0.15, 0.2) is 291 Å². The zero-order valence-corrected chi connectivity index (χ0v) is 43.7. The summed E-state index contributed by atoms with van der Waals surface area (Å²) >= 11 is 0. The molecule has 0 amide bonds. The van der Waals surface area contributed by atoms with Crippen LogP contribution in [0.4, 0.5) is 34.1 Å². The lowest BCUT2D eigenvalue weighted by Gasteiger charge is -2.34. The third-order valence-corrected chi connectivity index (χ3v) is 16.9. The highest BCUT2D eigenvalue weighted by Crippen LogP contribution is 2.58. The second-order valence-electron chi connectivity index (χ2n) is 21.3. The fourth-order valence-corrected chi connectivity index (χ4v) is 13.4. The van der Waals surface area contributed by atoms with Crippen LogP contribution in [-0.2, 0) is 0 Å². The van der Waals surface area contributed by atoms with Crippen LogP contribution in [0.3, 0.4) is 0 Å². The van der Waals surface area contributed by atoms with E-state index in [2.05, 4.69) is 301 Å². The molecular formula is C76H52N2O2. The van der Waals surface area contributed by atoms with Crippen molar-refractivity contribution in [1.29, 1.82) is 0 Å². The largest absolute Gasteiger partial charge is 0.485 e. The van der Waals surface area contributed by atoms with E-state index in [1.54, 1.807) is 0 Å². The Morgan fingerprint density at radius 2 is 0.613 bits per heavy atom. The second-order valence-corrected chi connectivity index (χ2v) is 21.3. The summed E-state index contributed by atoms with van der Waals surface area (Å²) in [5, 5.41) is 7.10. The molecule has 0 radical (unpaired) electrons. The molecule has 4 aliphatic rings. The molecule has 2 aliphatic heterocycles. The van der Waals surface area contributed by atoms with Crippen molar-refractivity contribution in [3.8, 4) is 56.0 Å². The Morgan fingerprint density at radius 1 is 0.275 bits per heavy atom. The van der Waals surface area contributed by atoms with Gasteiger partial charge in [0.15, 0.2) is 0 Å². The van der Waals surface area contributed by atoms with Gasteiger partial charge in [0.2, 0.25) is 0 Å². The molecule has 80 heavy (non-hydrogen) atoms. The third-order valence-electron chi connectivity index (χ3n) is 16.9. The predicted molar refractivity (Wildman–Crippen MR) is 332 cm³/mol. The molecule has 0 N–H and O–H groups in total. The van der Waals surface area contributed by atoms with Crippen molar-refractivity contribution in [2.45, 2.75) is 24.0 Å². The summed E-state index contributed by atoms with van der Waals surface area (Å²) in [6.45, 7) is 0. The number of para-hydroxylation sites is 2. The Balaban J connectivity index is 1.00. The summed E-state index contributed by atoms with van der Waals surface area (Å²) in [5.41, 5.74) is 18.1. The van der Waals surface area contributed by atoms with Gasteiger partial charge in [0.1, 0.15) is 23.7 Å². The molecule has 4 unspecified atom stereocenters. The van der Waals surface area contributed by atoms with E-state index in [0.717, 1.165) is 101 Å². The summed E-state index contributed by atoms with van der Waals surface area (Å²) in [6, 6.07) is 89.1. The number of benzene rings is 12. The third kappa shape index (κ3) is 7.29. The van der Waals surface area contributed by atoms with Crippen molar-refractivity contribution < 1.29 is 9.47 Å². The predicted octanol–water partition coefficient (Wildman–Crippen LogP) is 20.1. The lowest BCUT2D eigenvalue weighted by molar-refractivity contribution is 0.269. The number of hydrogen-bond acceptors (Lipinski definition) is 4. The molecular weight excluding hydrogens is 973 g/mol. The first-order valence-corrected chi connectivity index (χ1v) is 27.8. The van der Waals surface area contributed by atoms with E-state index in [0.29, 0.717) is 0 Å². The first-order chi connectivity index (χ1) is 39.7. The van der Waals surface area contributed by atoms with Gasteiger partial charge in [-0.05, 0) is 92.3 Å². The van der Waals surface area contributed by atoms with Gasteiger partial charge in [-0.3, -0.25) is 0 Å². The van der Waals surface area contributed by atoms with Crippen LogP contribution in [0.5, 0.6) is 11.5 Å². The highest BCUT2D eigenvalue weighted by molar-refractivity contribution is 6.28.